The number of carbonyl (C=O) groups is 1. The molecule has 1 aliphatic heterocycles. The number of nitrogens with zero attached hydrogens (tertiary/aromatic N) is 1. The average Bonchev–Trinajstić information content (AvgIpc) is 2.47. The van der Waals surface area contributed by atoms with Crippen molar-refractivity contribution >= 4 is 5.91 Å². The molecule has 0 unspecified atom stereocenters. The summed E-state index contributed by atoms with van der Waals surface area (Å²) in [5.74, 6) is 0.606. The zero-order valence-corrected chi connectivity index (χ0v) is 12.2. The Morgan fingerprint density at radius 2 is 2.10 bits per heavy atom. The third-order valence-electron chi connectivity index (χ3n) is 4.30. The van der Waals surface area contributed by atoms with E-state index in [4.69, 9.17) is 11.5 Å². The molecule has 1 saturated heterocycles. The molecule has 4 nitrogen and oxygen atoms in total. The number of benzene rings is 1. The number of amides is 1. The largest absolute Gasteiger partial charge is 0.338 e. The van der Waals surface area contributed by atoms with Crippen LogP contribution in [0.25, 0.3) is 0 Å². The Hall–Kier alpha value is -1.39. The topological polar surface area (TPSA) is 72.3 Å². The van der Waals surface area contributed by atoms with E-state index in [0.29, 0.717) is 18.9 Å². The molecule has 1 heterocycles. The Morgan fingerprint density at radius 3 is 2.75 bits per heavy atom. The normalized spacial score (nSPS) is 24.4. The lowest BCUT2D eigenvalue weighted by Gasteiger charge is -2.40. The Balaban J connectivity index is 2.00. The van der Waals surface area contributed by atoms with E-state index in [9.17, 15) is 4.79 Å². The van der Waals surface area contributed by atoms with E-state index < -0.39 is 0 Å². The number of rotatable bonds is 4. The number of likely N-dealkylation sites (tertiary alicyclic amines) is 1. The summed E-state index contributed by atoms with van der Waals surface area (Å²) in [5, 5.41) is 0. The second kappa shape index (κ2) is 6.86. The molecule has 0 aromatic heterocycles. The molecule has 0 bridgehead atoms. The van der Waals surface area contributed by atoms with Crippen molar-refractivity contribution in [3.8, 4) is 0 Å². The van der Waals surface area contributed by atoms with Crippen LogP contribution in [-0.2, 0) is 4.79 Å². The van der Waals surface area contributed by atoms with Crippen LogP contribution in [-0.4, -0.2) is 29.9 Å². The maximum absolute atomic E-state index is 12.5. The molecular formula is C16H25N3O. The molecule has 1 aliphatic rings. The molecule has 110 valence electrons. The SMILES string of the molecule is C[C@@H]1CCCN(C(=O)C[C@H](N)c2ccccc2)[C@H]1CN. The number of nitrogens with two attached hydrogens (primary N) is 2. The first-order chi connectivity index (χ1) is 9.63. The van der Waals surface area contributed by atoms with Gasteiger partial charge < -0.3 is 16.4 Å². The standard InChI is InChI=1S/C16H25N3O/c1-12-6-5-9-19(15(12)11-17)16(20)10-14(18)13-7-3-2-4-8-13/h2-4,7-8,12,14-15H,5-6,9-11,17-18H2,1H3/t12-,14+,15+/m1/s1. The Morgan fingerprint density at radius 1 is 1.40 bits per heavy atom. The molecule has 0 aliphatic carbocycles. The van der Waals surface area contributed by atoms with Gasteiger partial charge in [-0.25, -0.2) is 0 Å². The fraction of sp³-hybridized carbons (Fsp3) is 0.562. The lowest BCUT2D eigenvalue weighted by molar-refractivity contribution is -0.136. The van der Waals surface area contributed by atoms with Crippen LogP contribution in [0.3, 0.4) is 0 Å². The predicted molar refractivity (Wildman–Crippen MR) is 80.9 cm³/mol. The van der Waals surface area contributed by atoms with Gasteiger partial charge in [-0.05, 0) is 24.3 Å². The van der Waals surface area contributed by atoms with Gasteiger partial charge in [0.25, 0.3) is 0 Å². The van der Waals surface area contributed by atoms with Crippen molar-refractivity contribution in [2.45, 2.75) is 38.3 Å². The Labute approximate surface area is 121 Å². The van der Waals surface area contributed by atoms with Crippen LogP contribution in [0, 0.1) is 5.92 Å². The fourth-order valence-corrected chi connectivity index (χ4v) is 3.04. The minimum absolute atomic E-state index is 0.128. The highest BCUT2D eigenvalue weighted by Gasteiger charge is 2.31. The highest BCUT2D eigenvalue weighted by Crippen LogP contribution is 2.24. The van der Waals surface area contributed by atoms with Crippen molar-refractivity contribution < 1.29 is 4.79 Å². The van der Waals surface area contributed by atoms with E-state index in [1.807, 2.05) is 35.2 Å². The van der Waals surface area contributed by atoms with Gasteiger partial charge >= 0.3 is 0 Å². The Bertz CT molecular complexity index is 435. The highest BCUT2D eigenvalue weighted by molar-refractivity contribution is 5.77. The first-order valence-electron chi connectivity index (χ1n) is 7.43. The summed E-state index contributed by atoms with van der Waals surface area (Å²) < 4.78 is 0. The van der Waals surface area contributed by atoms with Gasteiger partial charge in [0.05, 0.1) is 0 Å². The zero-order chi connectivity index (χ0) is 14.5. The molecule has 1 aromatic carbocycles. The minimum atomic E-state index is -0.237. The molecule has 4 N–H and O–H groups in total. The van der Waals surface area contributed by atoms with Gasteiger partial charge in [-0.3, -0.25) is 4.79 Å². The average molecular weight is 275 g/mol. The zero-order valence-electron chi connectivity index (χ0n) is 12.2. The maximum Gasteiger partial charge on any atom is 0.224 e. The number of carbonyl (C=O) groups excluding carboxylic acids is 1. The van der Waals surface area contributed by atoms with Gasteiger partial charge in [0.1, 0.15) is 0 Å². The van der Waals surface area contributed by atoms with Crippen LogP contribution in [0.2, 0.25) is 0 Å². The summed E-state index contributed by atoms with van der Waals surface area (Å²) in [4.78, 5) is 14.4. The van der Waals surface area contributed by atoms with Crippen molar-refractivity contribution in [1.29, 1.82) is 0 Å². The minimum Gasteiger partial charge on any atom is -0.338 e. The third kappa shape index (κ3) is 3.38. The molecule has 4 heteroatoms. The highest BCUT2D eigenvalue weighted by atomic mass is 16.2. The first kappa shape index (κ1) is 15.0. The Kier molecular flexibility index (Phi) is 5.15. The quantitative estimate of drug-likeness (QED) is 0.878. The summed E-state index contributed by atoms with van der Waals surface area (Å²) in [5.41, 5.74) is 13.0. The predicted octanol–water partition coefficient (Wildman–Crippen LogP) is 1.66. The molecular weight excluding hydrogens is 250 g/mol. The van der Waals surface area contributed by atoms with Crippen LogP contribution in [0.4, 0.5) is 0 Å². The molecule has 0 spiro atoms. The van der Waals surface area contributed by atoms with E-state index in [1.54, 1.807) is 0 Å². The van der Waals surface area contributed by atoms with Gasteiger partial charge in [-0.2, -0.15) is 0 Å². The molecule has 2 rings (SSSR count). The van der Waals surface area contributed by atoms with E-state index >= 15 is 0 Å². The van der Waals surface area contributed by atoms with Crippen LogP contribution in [0.1, 0.15) is 37.8 Å². The number of hydrogen-bond donors (Lipinski definition) is 2. The van der Waals surface area contributed by atoms with Gasteiger partial charge in [0.2, 0.25) is 5.91 Å². The van der Waals surface area contributed by atoms with E-state index in [2.05, 4.69) is 6.92 Å². The van der Waals surface area contributed by atoms with Crippen molar-refractivity contribution in [2.75, 3.05) is 13.1 Å². The number of piperidine rings is 1. The summed E-state index contributed by atoms with van der Waals surface area (Å²) >= 11 is 0. The second-order valence-electron chi connectivity index (χ2n) is 5.73. The summed E-state index contributed by atoms with van der Waals surface area (Å²) in [6.45, 7) is 3.52. The van der Waals surface area contributed by atoms with Crippen LogP contribution < -0.4 is 11.5 Å². The molecule has 3 atom stereocenters. The van der Waals surface area contributed by atoms with Crippen LogP contribution in [0.15, 0.2) is 30.3 Å². The lowest BCUT2D eigenvalue weighted by Crippen LogP contribution is -2.51. The summed E-state index contributed by atoms with van der Waals surface area (Å²) in [6.07, 6.45) is 2.56. The van der Waals surface area contributed by atoms with Crippen LogP contribution >= 0.6 is 0 Å². The molecule has 1 aromatic rings. The molecule has 20 heavy (non-hydrogen) atoms. The summed E-state index contributed by atoms with van der Waals surface area (Å²) in [6, 6.07) is 9.72. The van der Waals surface area contributed by atoms with Crippen molar-refractivity contribution in [3.63, 3.8) is 0 Å². The van der Waals surface area contributed by atoms with Gasteiger partial charge in [-0.15, -0.1) is 0 Å². The first-order valence-corrected chi connectivity index (χ1v) is 7.43. The van der Waals surface area contributed by atoms with E-state index in [0.717, 1.165) is 24.9 Å². The van der Waals surface area contributed by atoms with Gasteiger partial charge in [0.15, 0.2) is 0 Å². The van der Waals surface area contributed by atoms with Gasteiger partial charge in [0, 0.05) is 31.6 Å². The lowest BCUT2D eigenvalue weighted by atomic mass is 9.90. The van der Waals surface area contributed by atoms with E-state index in [-0.39, 0.29) is 18.0 Å². The van der Waals surface area contributed by atoms with E-state index in [1.165, 1.54) is 0 Å². The molecule has 0 radical (unpaired) electrons. The number of hydrogen-bond acceptors (Lipinski definition) is 3. The van der Waals surface area contributed by atoms with Crippen molar-refractivity contribution in [2.24, 2.45) is 17.4 Å². The monoisotopic (exact) mass is 275 g/mol. The molecule has 1 amide bonds. The summed E-state index contributed by atoms with van der Waals surface area (Å²) in [7, 11) is 0. The second-order valence-corrected chi connectivity index (χ2v) is 5.73. The smallest absolute Gasteiger partial charge is 0.224 e. The molecule has 1 fully saturated rings. The van der Waals surface area contributed by atoms with Gasteiger partial charge in [-0.1, -0.05) is 37.3 Å². The van der Waals surface area contributed by atoms with Crippen molar-refractivity contribution in [3.05, 3.63) is 35.9 Å². The molecule has 0 saturated carbocycles. The van der Waals surface area contributed by atoms with Crippen molar-refractivity contribution in [1.82, 2.24) is 4.90 Å². The maximum atomic E-state index is 12.5. The van der Waals surface area contributed by atoms with Crippen LogP contribution in [0.5, 0.6) is 0 Å². The fourth-order valence-electron chi connectivity index (χ4n) is 3.04. The third-order valence-corrected chi connectivity index (χ3v) is 4.30.